The van der Waals surface area contributed by atoms with E-state index in [-0.39, 0.29) is 0 Å². The minimum absolute atomic E-state index is 0.538. The lowest BCUT2D eigenvalue weighted by Crippen LogP contribution is -2.24. The molecule has 1 aliphatic rings. The van der Waals surface area contributed by atoms with Crippen LogP contribution in [0.2, 0.25) is 0 Å². The van der Waals surface area contributed by atoms with E-state index in [4.69, 9.17) is 10.5 Å². The number of unbranched alkanes of at least 4 members (excludes halogenated alkanes) is 2. The van der Waals surface area contributed by atoms with Crippen LogP contribution in [0.15, 0.2) is 0 Å². The zero-order chi connectivity index (χ0) is 10.9. The van der Waals surface area contributed by atoms with Gasteiger partial charge in [-0.25, -0.2) is 0 Å². The summed E-state index contributed by atoms with van der Waals surface area (Å²) in [5.41, 5.74) is 5.46. The molecule has 2 N–H and O–H groups in total. The van der Waals surface area contributed by atoms with Gasteiger partial charge in [-0.1, -0.05) is 6.42 Å². The van der Waals surface area contributed by atoms with Gasteiger partial charge in [0.1, 0.15) is 0 Å². The van der Waals surface area contributed by atoms with Crippen LogP contribution in [0.3, 0.4) is 0 Å². The Labute approximate surface area is 94.0 Å². The SMILES string of the molecule is CN(CCCCCN)CCC1CCCO1. The van der Waals surface area contributed by atoms with Crippen LogP contribution < -0.4 is 5.73 Å². The van der Waals surface area contributed by atoms with Crippen molar-refractivity contribution in [3.05, 3.63) is 0 Å². The van der Waals surface area contributed by atoms with Crippen molar-refractivity contribution in [2.75, 3.05) is 33.3 Å². The lowest BCUT2D eigenvalue weighted by molar-refractivity contribution is 0.0949. The minimum Gasteiger partial charge on any atom is -0.378 e. The molecule has 0 aromatic rings. The second kappa shape index (κ2) is 8.08. The van der Waals surface area contributed by atoms with E-state index in [2.05, 4.69) is 11.9 Å². The van der Waals surface area contributed by atoms with Crippen LogP contribution in [-0.2, 0) is 4.74 Å². The molecule has 0 saturated carbocycles. The van der Waals surface area contributed by atoms with Crippen molar-refractivity contribution in [1.29, 1.82) is 0 Å². The van der Waals surface area contributed by atoms with Gasteiger partial charge in [0.05, 0.1) is 6.10 Å². The Morgan fingerprint density at radius 1 is 1.27 bits per heavy atom. The molecule has 0 bridgehead atoms. The molecule has 0 amide bonds. The van der Waals surface area contributed by atoms with Crippen molar-refractivity contribution in [1.82, 2.24) is 4.90 Å². The van der Waals surface area contributed by atoms with Crippen LogP contribution in [-0.4, -0.2) is 44.3 Å². The summed E-state index contributed by atoms with van der Waals surface area (Å²) < 4.78 is 5.60. The van der Waals surface area contributed by atoms with Crippen molar-refractivity contribution >= 4 is 0 Å². The molecular weight excluding hydrogens is 188 g/mol. The van der Waals surface area contributed by atoms with E-state index in [9.17, 15) is 0 Å². The van der Waals surface area contributed by atoms with Crippen LogP contribution in [0.4, 0.5) is 0 Å². The number of ether oxygens (including phenoxy) is 1. The molecule has 1 fully saturated rings. The summed E-state index contributed by atoms with van der Waals surface area (Å²) in [6, 6.07) is 0. The first-order chi connectivity index (χ1) is 7.33. The first-order valence-electron chi connectivity index (χ1n) is 6.33. The highest BCUT2D eigenvalue weighted by molar-refractivity contribution is 4.66. The quantitative estimate of drug-likeness (QED) is 0.624. The van der Waals surface area contributed by atoms with Crippen LogP contribution in [0, 0.1) is 0 Å². The fraction of sp³-hybridized carbons (Fsp3) is 1.00. The molecule has 0 aliphatic carbocycles. The fourth-order valence-corrected chi connectivity index (χ4v) is 2.05. The minimum atomic E-state index is 0.538. The molecule has 3 nitrogen and oxygen atoms in total. The van der Waals surface area contributed by atoms with Crippen LogP contribution in [0.5, 0.6) is 0 Å². The number of nitrogens with two attached hydrogens (primary N) is 1. The normalized spacial score (nSPS) is 21.4. The lowest BCUT2D eigenvalue weighted by Gasteiger charge is -2.18. The average molecular weight is 214 g/mol. The van der Waals surface area contributed by atoms with E-state index < -0.39 is 0 Å². The Kier molecular flexibility index (Phi) is 6.98. The second-order valence-electron chi connectivity index (χ2n) is 4.58. The molecule has 1 atom stereocenters. The van der Waals surface area contributed by atoms with Gasteiger partial charge in [-0.2, -0.15) is 0 Å². The first kappa shape index (κ1) is 12.9. The smallest absolute Gasteiger partial charge is 0.0588 e. The predicted octanol–water partition coefficient (Wildman–Crippen LogP) is 1.62. The van der Waals surface area contributed by atoms with Gasteiger partial charge in [-0.15, -0.1) is 0 Å². The highest BCUT2D eigenvalue weighted by Gasteiger charge is 2.15. The van der Waals surface area contributed by atoms with Gasteiger partial charge in [0.2, 0.25) is 0 Å². The Hall–Kier alpha value is -0.120. The van der Waals surface area contributed by atoms with Crippen molar-refractivity contribution in [2.45, 2.75) is 44.6 Å². The van der Waals surface area contributed by atoms with Crippen molar-refractivity contribution in [3.63, 3.8) is 0 Å². The van der Waals surface area contributed by atoms with Gasteiger partial charge in [0, 0.05) is 13.2 Å². The highest BCUT2D eigenvalue weighted by atomic mass is 16.5. The van der Waals surface area contributed by atoms with Gasteiger partial charge >= 0.3 is 0 Å². The zero-order valence-electron chi connectivity index (χ0n) is 10.1. The van der Waals surface area contributed by atoms with Gasteiger partial charge in [0.25, 0.3) is 0 Å². The van der Waals surface area contributed by atoms with Crippen LogP contribution in [0.25, 0.3) is 0 Å². The summed E-state index contributed by atoms with van der Waals surface area (Å²) in [4.78, 5) is 2.41. The molecule has 1 heterocycles. The Morgan fingerprint density at radius 2 is 2.13 bits per heavy atom. The Morgan fingerprint density at radius 3 is 2.80 bits per heavy atom. The Bertz CT molecular complexity index is 147. The first-order valence-corrected chi connectivity index (χ1v) is 6.33. The van der Waals surface area contributed by atoms with Gasteiger partial charge in [0.15, 0.2) is 0 Å². The largest absolute Gasteiger partial charge is 0.378 e. The van der Waals surface area contributed by atoms with Gasteiger partial charge < -0.3 is 15.4 Å². The van der Waals surface area contributed by atoms with Crippen molar-refractivity contribution in [2.24, 2.45) is 5.73 Å². The molecule has 0 radical (unpaired) electrons. The Balaban J connectivity index is 1.90. The van der Waals surface area contributed by atoms with Crippen LogP contribution in [0.1, 0.15) is 38.5 Å². The lowest BCUT2D eigenvalue weighted by atomic mass is 10.1. The van der Waals surface area contributed by atoms with E-state index in [1.54, 1.807) is 0 Å². The third kappa shape index (κ3) is 6.13. The summed E-state index contributed by atoms with van der Waals surface area (Å²) in [6.07, 6.45) is 7.97. The van der Waals surface area contributed by atoms with Gasteiger partial charge in [-0.05, 0) is 52.2 Å². The topological polar surface area (TPSA) is 38.5 Å². The average Bonchev–Trinajstić information content (AvgIpc) is 2.74. The summed E-state index contributed by atoms with van der Waals surface area (Å²) in [5, 5.41) is 0. The van der Waals surface area contributed by atoms with E-state index >= 15 is 0 Å². The summed E-state index contributed by atoms with van der Waals surface area (Å²) >= 11 is 0. The molecule has 0 aromatic carbocycles. The van der Waals surface area contributed by atoms with E-state index in [1.165, 1.54) is 51.6 Å². The maximum atomic E-state index is 5.60. The summed E-state index contributed by atoms with van der Waals surface area (Å²) in [5.74, 6) is 0. The molecule has 3 heteroatoms. The molecule has 15 heavy (non-hydrogen) atoms. The summed E-state index contributed by atoms with van der Waals surface area (Å²) in [7, 11) is 2.21. The van der Waals surface area contributed by atoms with Crippen LogP contribution >= 0.6 is 0 Å². The van der Waals surface area contributed by atoms with E-state index in [0.29, 0.717) is 6.10 Å². The molecule has 1 rings (SSSR count). The molecule has 1 unspecified atom stereocenters. The predicted molar refractivity (Wildman–Crippen MR) is 64.0 cm³/mol. The molecule has 90 valence electrons. The standard InChI is InChI=1S/C12H26N2O/c1-14(9-4-2-3-8-13)10-7-12-6-5-11-15-12/h12H,2-11,13H2,1H3. The number of rotatable bonds is 8. The fourth-order valence-electron chi connectivity index (χ4n) is 2.05. The second-order valence-corrected chi connectivity index (χ2v) is 4.58. The van der Waals surface area contributed by atoms with Crippen molar-refractivity contribution in [3.8, 4) is 0 Å². The zero-order valence-corrected chi connectivity index (χ0v) is 10.1. The molecule has 0 spiro atoms. The van der Waals surface area contributed by atoms with E-state index in [1.807, 2.05) is 0 Å². The number of nitrogens with zero attached hydrogens (tertiary/aromatic N) is 1. The highest BCUT2D eigenvalue weighted by Crippen LogP contribution is 2.15. The summed E-state index contributed by atoms with van der Waals surface area (Å²) in [6.45, 7) is 4.19. The maximum absolute atomic E-state index is 5.60. The monoisotopic (exact) mass is 214 g/mol. The number of hydrogen-bond donors (Lipinski definition) is 1. The molecule has 1 saturated heterocycles. The third-order valence-corrected chi connectivity index (χ3v) is 3.10. The number of hydrogen-bond acceptors (Lipinski definition) is 3. The van der Waals surface area contributed by atoms with E-state index in [0.717, 1.165) is 13.2 Å². The maximum Gasteiger partial charge on any atom is 0.0588 e. The van der Waals surface area contributed by atoms with Gasteiger partial charge in [-0.3, -0.25) is 0 Å². The molecule has 1 aliphatic heterocycles. The molecule has 0 aromatic heterocycles. The molecular formula is C12H26N2O. The third-order valence-electron chi connectivity index (χ3n) is 3.10. The van der Waals surface area contributed by atoms with Crippen molar-refractivity contribution < 1.29 is 4.74 Å².